The topological polar surface area (TPSA) is 99.1 Å². The van der Waals surface area contributed by atoms with Gasteiger partial charge < -0.3 is 29.0 Å². The van der Waals surface area contributed by atoms with Gasteiger partial charge in [0.2, 0.25) is 12.7 Å². The highest BCUT2D eigenvalue weighted by atomic mass is 16.7. The average molecular weight is 480 g/mol. The number of hydrogen-bond donors (Lipinski definition) is 1. The molecule has 184 valence electrons. The number of aromatic nitrogens is 1. The van der Waals surface area contributed by atoms with Crippen molar-refractivity contribution in [3.05, 3.63) is 63.6 Å². The maximum Gasteiger partial charge on any atom is 0.257 e. The summed E-state index contributed by atoms with van der Waals surface area (Å²) in [7, 11) is 1.45. The third-order valence-corrected chi connectivity index (χ3v) is 6.86. The molecule has 3 heterocycles. The van der Waals surface area contributed by atoms with E-state index >= 15 is 0 Å². The lowest BCUT2D eigenvalue weighted by Crippen LogP contribution is -2.38. The summed E-state index contributed by atoms with van der Waals surface area (Å²) in [5.74, 6) is 1.33. The number of allylic oxidation sites excluding steroid dienone is 2. The van der Waals surface area contributed by atoms with E-state index in [-0.39, 0.29) is 42.4 Å². The summed E-state index contributed by atoms with van der Waals surface area (Å²) in [6.45, 7) is 1.70. The maximum absolute atomic E-state index is 13.3. The molecule has 2 aliphatic heterocycles. The van der Waals surface area contributed by atoms with Crippen LogP contribution in [0.1, 0.15) is 40.9 Å². The van der Waals surface area contributed by atoms with Gasteiger partial charge in [-0.2, -0.15) is 0 Å². The lowest BCUT2D eigenvalue weighted by atomic mass is 9.93. The highest BCUT2D eigenvalue weighted by Crippen LogP contribution is 2.32. The monoisotopic (exact) mass is 479 g/mol. The molecular formula is C26H29N3O6. The van der Waals surface area contributed by atoms with Crippen molar-refractivity contribution in [2.45, 2.75) is 38.8 Å². The Labute approximate surface area is 203 Å². The Balaban J connectivity index is 1.36. The first-order chi connectivity index (χ1) is 17.0. The molecule has 1 N–H and O–H groups in total. The molecule has 0 saturated carbocycles. The van der Waals surface area contributed by atoms with E-state index in [1.165, 1.54) is 13.2 Å². The van der Waals surface area contributed by atoms with Crippen molar-refractivity contribution in [3.8, 4) is 17.2 Å². The molecule has 0 radical (unpaired) electrons. The first kappa shape index (κ1) is 23.0. The van der Waals surface area contributed by atoms with Crippen LogP contribution >= 0.6 is 0 Å². The van der Waals surface area contributed by atoms with Crippen LogP contribution in [0.15, 0.2) is 41.2 Å². The van der Waals surface area contributed by atoms with Gasteiger partial charge in [-0.15, -0.1) is 0 Å². The number of amides is 2. The Morgan fingerprint density at radius 1 is 1.11 bits per heavy atom. The average Bonchev–Trinajstić information content (AvgIpc) is 3.24. The van der Waals surface area contributed by atoms with Crippen LogP contribution in [-0.4, -0.2) is 48.3 Å². The van der Waals surface area contributed by atoms with Gasteiger partial charge in [-0.1, -0.05) is 18.2 Å². The second-order valence-electron chi connectivity index (χ2n) is 8.95. The number of nitrogens with one attached hydrogen (secondary N) is 1. The van der Waals surface area contributed by atoms with Gasteiger partial charge in [0.1, 0.15) is 11.3 Å². The molecule has 0 unspecified atom stereocenters. The number of pyridine rings is 1. The van der Waals surface area contributed by atoms with Crippen molar-refractivity contribution < 1.29 is 23.8 Å². The fourth-order valence-electron chi connectivity index (χ4n) is 4.97. The van der Waals surface area contributed by atoms with Crippen molar-refractivity contribution in [2.24, 2.45) is 5.92 Å². The smallest absolute Gasteiger partial charge is 0.257 e. The zero-order valence-corrected chi connectivity index (χ0v) is 19.7. The van der Waals surface area contributed by atoms with Crippen LogP contribution in [0.3, 0.4) is 0 Å². The summed E-state index contributed by atoms with van der Waals surface area (Å²) in [6, 6.07) is 6.86. The number of methoxy groups -OCH3 is 1. The minimum Gasteiger partial charge on any atom is -0.496 e. The van der Waals surface area contributed by atoms with E-state index in [1.54, 1.807) is 4.57 Å². The van der Waals surface area contributed by atoms with Gasteiger partial charge in [0.15, 0.2) is 11.5 Å². The molecule has 1 aliphatic carbocycles. The second kappa shape index (κ2) is 9.85. The molecule has 0 spiro atoms. The second-order valence-corrected chi connectivity index (χ2v) is 8.95. The molecule has 35 heavy (non-hydrogen) atoms. The van der Waals surface area contributed by atoms with Gasteiger partial charge in [-0.05, 0) is 37.0 Å². The van der Waals surface area contributed by atoms with E-state index < -0.39 is 0 Å². The molecule has 0 saturated heterocycles. The van der Waals surface area contributed by atoms with Crippen LogP contribution in [0.2, 0.25) is 0 Å². The molecule has 1 aromatic heterocycles. The van der Waals surface area contributed by atoms with Crippen LogP contribution in [-0.2, 0) is 24.3 Å². The summed E-state index contributed by atoms with van der Waals surface area (Å²) in [5.41, 5.74) is 1.55. The molecular weight excluding hydrogens is 450 g/mol. The first-order valence-electron chi connectivity index (χ1n) is 12.0. The molecule has 1 atom stereocenters. The van der Waals surface area contributed by atoms with Crippen molar-refractivity contribution in [1.29, 1.82) is 0 Å². The van der Waals surface area contributed by atoms with Crippen LogP contribution in [0, 0.1) is 5.92 Å². The van der Waals surface area contributed by atoms with Crippen molar-refractivity contribution in [1.82, 2.24) is 14.8 Å². The highest BCUT2D eigenvalue weighted by molar-refractivity contribution is 5.98. The fraction of sp³-hybridized carbons (Fsp3) is 0.423. The predicted octanol–water partition coefficient (Wildman–Crippen LogP) is 2.26. The number of rotatable bonds is 5. The number of fused-ring (bicyclic) bond motifs is 2. The molecule has 1 aromatic carbocycles. The molecule has 2 aromatic rings. The van der Waals surface area contributed by atoms with Crippen molar-refractivity contribution >= 4 is 11.8 Å². The van der Waals surface area contributed by atoms with E-state index in [9.17, 15) is 14.4 Å². The number of benzene rings is 1. The Morgan fingerprint density at radius 2 is 1.97 bits per heavy atom. The van der Waals surface area contributed by atoms with E-state index in [4.69, 9.17) is 14.2 Å². The number of hydrogen-bond acceptors (Lipinski definition) is 6. The van der Waals surface area contributed by atoms with Crippen LogP contribution in [0.4, 0.5) is 0 Å². The SMILES string of the molecule is COc1cc(=O)n2c(c1C(=O)NCc1ccc3c(c1)OCO3)CCN(C(=O)[C@H]1CC=CCC1)CC2. The summed E-state index contributed by atoms with van der Waals surface area (Å²) in [6.07, 6.45) is 7.09. The standard InChI is InChI=1S/C26H29N3O6/c1-33-22-14-23(30)29-12-11-28(26(32)18-5-3-2-4-6-18)10-9-19(29)24(22)25(31)27-15-17-7-8-20-21(13-17)35-16-34-20/h2-3,7-8,13-14,18H,4-6,9-12,15-16H2,1H3,(H,27,31)/t18-/m0/s1. The van der Waals surface area contributed by atoms with Gasteiger partial charge in [0, 0.05) is 50.3 Å². The van der Waals surface area contributed by atoms with Crippen LogP contribution < -0.4 is 25.1 Å². The molecule has 0 bridgehead atoms. The van der Waals surface area contributed by atoms with Crippen molar-refractivity contribution in [3.63, 3.8) is 0 Å². The van der Waals surface area contributed by atoms with Gasteiger partial charge in [0.05, 0.1) is 7.11 Å². The molecule has 9 nitrogen and oxygen atoms in total. The number of carbonyl (C=O) groups excluding carboxylic acids is 2. The first-order valence-corrected chi connectivity index (χ1v) is 12.0. The number of ether oxygens (including phenoxy) is 3. The van der Waals surface area contributed by atoms with Crippen LogP contribution in [0.5, 0.6) is 17.2 Å². The predicted molar refractivity (Wildman–Crippen MR) is 128 cm³/mol. The Bertz CT molecular complexity index is 1230. The lowest BCUT2D eigenvalue weighted by Gasteiger charge is -2.26. The zero-order chi connectivity index (χ0) is 24.4. The summed E-state index contributed by atoms with van der Waals surface area (Å²) in [4.78, 5) is 41.1. The minimum absolute atomic E-state index is 0.0167. The normalized spacial score (nSPS) is 18.5. The zero-order valence-electron chi connectivity index (χ0n) is 19.7. The largest absolute Gasteiger partial charge is 0.496 e. The minimum atomic E-state index is -0.333. The van der Waals surface area contributed by atoms with E-state index in [1.807, 2.05) is 23.1 Å². The number of carbonyl (C=O) groups is 2. The summed E-state index contributed by atoms with van der Waals surface area (Å²) in [5, 5.41) is 2.94. The molecule has 0 fully saturated rings. The van der Waals surface area contributed by atoms with Crippen molar-refractivity contribution in [2.75, 3.05) is 27.0 Å². The van der Waals surface area contributed by atoms with Gasteiger partial charge in [-0.25, -0.2) is 0 Å². The third-order valence-electron chi connectivity index (χ3n) is 6.86. The third kappa shape index (κ3) is 4.62. The van der Waals surface area contributed by atoms with Crippen LogP contribution in [0.25, 0.3) is 0 Å². The maximum atomic E-state index is 13.3. The number of nitrogens with zero attached hydrogens (tertiary/aromatic N) is 2. The summed E-state index contributed by atoms with van der Waals surface area (Å²) < 4.78 is 17.8. The van der Waals surface area contributed by atoms with Gasteiger partial charge in [0.25, 0.3) is 11.5 Å². The molecule has 2 amide bonds. The van der Waals surface area contributed by atoms with Gasteiger partial charge >= 0.3 is 0 Å². The Hall–Kier alpha value is -3.75. The van der Waals surface area contributed by atoms with E-state index in [0.717, 1.165) is 24.8 Å². The summed E-state index contributed by atoms with van der Waals surface area (Å²) >= 11 is 0. The fourth-order valence-corrected chi connectivity index (χ4v) is 4.97. The molecule has 3 aliphatic rings. The molecule has 9 heteroatoms. The lowest BCUT2D eigenvalue weighted by molar-refractivity contribution is -0.135. The highest BCUT2D eigenvalue weighted by Gasteiger charge is 2.29. The van der Waals surface area contributed by atoms with E-state index in [0.29, 0.717) is 48.8 Å². The Kier molecular flexibility index (Phi) is 6.48. The molecule has 5 rings (SSSR count). The van der Waals surface area contributed by atoms with E-state index in [2.05, 4.69) is 17.5 Å². The quantitative estimate of drug-likeness (QED) is 0.661. The van der Waals surface area contributed by atoms with Gasteiger partial charge in [-0.3, -0.25) is 14.4 Å². The Morgan fingerprint density at radius 3 is 2.77 bits per heavy atom.